The maximum Gasteiger partial charge on any atom is 0.416 e. The summed E-state index contributed by atoms with van der Waals surface area (Å²) in [6.45, 7) is 15.7. The number of aromatic nitrogens is 5. The average molecular weight is 2070 g/mol. The van der Waals surface area contributed by atoms with E-state index >= 15 is 0 Å². The molecule has 61 heteroatoms. The molecule has 0 spiro atoms. The highest BCUT2D eigenvalue weighted by Crippen LogP contribution is 2.40. The zero-order valence-corrected chi connectivity index (χ0v) is 79.5. The first-order chi connectivity index (χ1) is 64.8. The molecule has 140 heavy (non-hydrogen) atoms. The Labute approximate surface area is 791 Å². The lowest BCUT2D eigenvalue weighted by Crippen LogP contribution is -2.66. The highest BCUT2D eigenvalue weighted by molar-refractivity contribution is 7.90. The van der Waals surface area contributed by atoms with Crippen LogP contribution in [0, 0.1) is 0 Å². The van der Waals surface area contributed by atoms with Gasteiger partial charge in [-0.3, -0.25) is 81.5 Å². The summed E-state index contributed by atoms with van der Waals surface area (Å²) in [7, 11) is -12.7. The summed E-state index contributed by atoms with van der Waals surface area (Å²) in [5, 5.41) is 12.3. The Hall–Kier alpha value is -13.2. The van der Waals surface area contributed by atoms with Gasteiger partial charge in [-0.25, -0.2) is 25.3 Å². The highest BCUT2D eigenvalue weighted by Gasteiger charge is 2.59. The minimum atomic E-state index is -5.39. The van der Waals surface area contributed by atoms with E-state index < -0.39 is 307 Å². The Bertz CT molecular complexity index is 5490. The van der Waals surface area contributed by atoms with Crippen LogP contribution >= 0.6 is 0 Å². The normalized spacial score (nSPS) is 24.3. The number of amides is 1. The number of ether oxygens (including phenoxy) is 20. The van der Waals surface area contributed by atoms with Crippen molar-refractivity contribution in [2.75, 3.05) is 26.4 Å². The number of tetrazole rings is 1. The van der Waals surface area contributed by atoms with Gasteiger partial charge in [-0.2, -0.15) is 49.8 Å². The molecule has 52 nitrogen and oxygen atoms in total. The molecule has 0 aliphatic carbocycles. The van der Waals surface area contributed by atoms with Crippen LogP contribution < -0.4 is 24.1 Å². The van der Waals surface area contributed by atoms with E-state index in [2.05, 4.69) is 30.3 Å². The fraction of sp³-hybridized carbons (Fsp3) is 0.557. The summed E-state index contributed by atoms with van der Waals surface area (Å²) in [6.07, 6.45) is -39.9. The number of nitrogens with zero attached hydrogens (tertiary/aromatic N) is 5. The van der Waals surface area contributed by atoms with Crippen LogP contribution in [0.4, 0.5) is 26.3 Å². The molecule has 4 fully saturated rings. The number of hydrogen-bond acceptors (Lipinski definition) is 46. The maximum absolute atomic E-state index is 13.4. The van der Waals surface area contributed by atoms with Gasteiger partial charge in [0.25, 0.3) is 15.2 Å². The van der Waals surface area contributed by atoms with Crippen LogP contribution in [0.1, 0.15) is 129 Å². The van der Waals surface area contributed by atoms with Gasteiger partial charge < -0.3 is 100 Å². The van der Waals surface area contributed by atoms with Crippen molar-refractivity contribution in [3.05, 3.63) is 84.1 Å². The minimum Gasteiger partial charge on any atom is -0.463 e. The summed E-state index contributed by atoms with van der Waals surface area (Å²) in [4.78, 5) is 196. The van der Waals surface area contributed by atoms with Gasteiger partial charge in [0.2, 0.25) is 15.9 Å². The van der Waals surface area contributed by atoms with E-state index in [4.69, 9.17) is 94.7 Å². The second kappa shape index (κ2) is 51.6. The molecule has 6 heterocycles. The molecule has 8 rings (SSSR count). The van der Waals surface area contributed by atoms with Crippen molar-refractivity contribution < 1.29 is 232 Å². The molecule has 4 aromatic rings. The van der Waals surface area contributed by atoms with Crippen LogP contribution in [-0.2, 0) is 226 Å². The molecule has 4 aliphatic heterocycles. The number of alkyl halides is 6. The Kier molecular flexibility index (Phi) is 43.3. The molecule has 0 radical (unpaired) electrons. The number of pyridine rings is 1. The largest absolute Gasteiger partial charge is 0.463 e. The van der Waals surface area contributed by atoms with E-state index in [1.807, 2.05) is 0 Å². The first-order valence-corrected chi connectivity index (χ1v) is 44.9. The summed E-state index contributed by atoms with van der Waals surface area (Å²) in [5.74, 6) is -14.0. The Balaban J connectivity index is 0.000000333. The van der Waals surface area contributed by atoms with Gasteiger partial charge >= 0.3 is 123 Å². The number of nitrogens with one attached hydrogen (secondary N) is 4. The van der Waals surface area contributed by atoms with E-state index in [1.165, 1.54) is 43.8 Å². The van der Waals surface area contributed by atoms with Crippen LogP contribution in [0.25, 0.3) is 5.69 Å². The number of carbonyl (C=O) groups excluding carboxylic acids is 17. The first kappa shape index (κ1) is 117. The van der Waals surface area contributed by atoms with Gasteiger partial charge in [0.05, 0.1) is 21.7 Å². The topological polar surface area (TPSA) is 673 Å². The molecule has 8 unspecified atom stereocenters. The van der Waals surface area contributed by atoms with Crippen molar-refractivity contribution in [2.45, 2.75) is 268 Å². The predicted molar refractivity (Wildman–Crippen MR) is 436 cm³/mol. The number of esters is 16. The Morgan fingerprint density at radius 3 is 0.886 bits per heavy atom. The minimum absolute atomic E-state index is 0.0806. The second-order valence-electron chi connectivity index (χ2n) is 29.6. The quantitative estimate of drug-likeness (QED) is 0.0207. The molecule has 4 saturated heterocycles. The molecule has 4 N–H and O–H groups in total. The fourth-order valence-corrected chi connectivity index (χ4v) is 16.7. The summed E-state index contributed by atoms with van der Waals surface area (Å²) in [5.41, 5.74) is -3.58. The maximum atomic E-state index is 13.4. The van der Waals surface area contributed by atoms with Crippen molar-refractivity contribution in [1.82, 2.24) is 39.7 Å². The smallest absolute Gasteiger partial charge is 0.416 e. The summed E-state index contributed by atoms with van der Waals surface area (Å²) >= 11 is 0. The SMILES string of the molecule is CC(=O)N[C@@H]1OC(COC(C)=O)[C@@H](OC(C)=O)[C@H](OC(C)=O)C1OC(C)=O.CC(=O)OCC1O[C@@H](NS(=O)(=O)c2cc(C(F)(F)F)cc(C(F)(F)F)c2)C(OC(C)=O)[C@@H](OC(C)=O)[C@@H]1OC(C)=O.CC(=O)OCC1O[C@@H](NS(=O)(=O)c2cccc[n+]2C)C(OC(C)=O)[C@@H](OC(C)=O)[C@@H]1OC(C)=O.CC(=O)OCC1O[C@@H](NS(=O)(=O)c2nnnn2-c2ccccc2)C(OC(C)=O)[C@@H](OC(C)=O)[C@@H]1OC(C)=O. The fourth-order valence-electron chi connectivity index (χ4n) is 13.1. The van der Waals surface area contributed by atoms with Crippen molar-refractivity contribution in [2.24, 2.45) is 7.05 Å². The van der Waals surface area contributed by atoms with Crippen LogP contribution in [0.3, 0.4) is 0 Å². The van der Waals surface area contributed by atoms with Gasteiger partial charge in [-0.1, -0.05) is 23.3 Å². The molecular weight excluding hydrogens is 1970 g/mol. The third-order valence-electron chi connectivity index (χ3n) is 18.0. The number of halogens is 6. The Morgan fingerprint density at radius 2 is 0.607 bits per heavy atom. The molecule has 0 bridgehead atoms. The lowest BCUT2D eigenvalue weighted by Gasteiger charge is -2.44. The van der Waals surface area contributed by atoms with E-state index in [9.17, 15) is 133 Å². The standard InChI is InChI=1S/C22H23F6NO11S.C21H25N5O11S.C20H27N2O11S.C16H23NO10/c1-9(30)36-8-16-17(37-10(2)31)18(38-11(3)32)19(39-12(4)33)20(40-16)29-41(34,35)15-6-13(21(23,24)25)5-14(7-15)22(26,27)28;1-11(27)33-10-16-17(34-12(2)28)18(35-13(3)29)19(36-14(4)30)20(37-16)23-38(31,32)21-22-24-25-26(21)15-8-6-5-7-9-15;1-11(23)29-10-15-17(30-12(2)24)18(31-13(3)25)19(32-14(4)26)20(33-15)21-34(27,28)16-8-6-7-9-22(16)5;1-7(18)17-16-15(26-11(5)22)14(25-10(4)21)13(24-9(3)20)12(27-16)6-23-8(2)19/h5-7,16-20,29H,8H2,1-4H3;5-9,16-20,23H,10H2,1-4H3;6-9,15,17-21H,10H2,1-5H3;12-16H,6H2,1-5H3,(H,17,18)/q;;+1;/t2*16?,17-,18+,19?,20-;15?,17-,18+,19?,20-;12?,13-,14+,15?,16-/m1111/s1. The number of hydrogen-bond donors (Lipinski definition) is 4. The van der Waals surface area contributed by atoms with Crippen molar-refractivity contribution in [3.63, 3.8) is 0 Å². The third-order valence-corrected chi connectivity index (χ3v) is 22.2. The highest BCUT2D eigenvalue weighted by atomic mass is 32.2. The van der Waals surface area contributed by atoms with Crippen molar-refractivity contribution in [3.8, 4) is 5.69 Å². The van der Waals surface area contributed by atoms with E-state index in [0.717, 1.165) is 109 Å². The number of sulfonamides is 3. The van der Waals surface area contributed by atoms with E-state index in [0.29, 0.717) is 5.69 Å². The van der Waals surface area contributed by atoms with Crippen molar-refractivity contribution in [1.29, 1.82) is 0 Å². The molecule has 4 aliphatic rings. The van der Waals surface area contributed by atoms with Gasteiger partial charge in [0.1, 0.15) is 57.9 Å². The lowest BCUT2D eigenvalue weighted by atomic mass is 9.97. The summed E-state index contributed by atoms with van der Waals surface area (Å²) < 4.78 is 272. The Morgan fingerprint density at radius 1 is 0.343 bits per heavy atom. The zero-order chi connectivity index (χ0) is 106. The molecular formula is C79H98F6N9O43S3+. The van der Waals surface area contributed by atoms with Gasteiger partial charge in [0, 0.05) is 130 Å². The van der Waals surface area contributed by atoms with Crippen molar-refractivity contribution >= 4 is 131 Å². The van der Waals surface area contributed by atoms with Gasteiger partial charge in [0.15, 0.2) is 104 Å². The number of benzene rings is 2. The number of aryl methyl sites for hydroxylation is 1. The third kappa shape index (κ3) is 36.5. The molecule has 1 amide bonds. The molecule has 0 saturated carbocycles. The average Bonchev–Trinajstić information content (AvgIpc) is 1.70. The van der Waals surface area contributed by atoms with Crippen LogP contribution in [-0.4, -0.2) is 296 Å². The lowest BCUT2D eigenvalue weighted by molar-refractivity contribution is -0.709. The van der Waals surface area contributed by atoms with Crippen LogP contribution in [0.2, 0.25) is 0 Å². The summed E-state index contributed by atoms with van der Waals surface area (Å²) in [6, 6.07) is 12.1. The van der Waals surface area contributed by atoms with Crippen LogP contribution in [0.5, 0.6) is 0 Å². The van der Waals surface area contributed by atoms with Gasteiger partial charge in [-0.05, 0) is 46.8 Å². The number of carbonyl (C=O) groups is 17. The van der Waals surface area contributed by atoms with E-state index in [-0.39, 0.29) is 29.8 Å². The molecule has 20 atom stereocenters. The monoisotopic (exact) mass is 2070 g/mol. The zero-order valence-electron chi connectivity index (χ0n) is 77.1. The van der Waals surface area contributed by atoms with Gasteiger partial charge in [-0.15, -0.1) is 0 Å². The first-order valence-electron chi connectivity index (χ1n) is 40.5. The number of para-hydroxylation sites is 1. The number of rotatable bonds is 31. The van der Waals surface area contributed by atoms with Crippen LogP contribution in [0.15, 0.2) is 88.0 Å². The predicted octanol–water partition coefficient (Wildman–Crippen LogP) is -0.813. The molecule has 2 aromatic carbocycles. The van der Waals surface area contributed by atoms with E-state index in [1.54, 1.807) is 41.1 Å². The molecule has 776 valence electrons. The second-order valence-corrected chi connectivity index (χ2v) is 34.6. The molecule has 2 aromatic heterocycles.